The lowest BCUT2D eigenvalue weighted by molar-refractivity contribution is 0.0943. The van der Waals surface area contributed by atoms with Crippen LogP contribution in [0.1, 0.15) is 56.3 Å². The molecule has 1 aliphatic carbocycles. The number of carbonyl (C=O) groups is 1. The zero-order valence-corrected chi connectivity index (χ0v) is 12.6. The second-order valence-electron chi connectivity index (χ2n) is 6.09. The average Bonchev–Trinajstić information content (AvgIpc) is 2.46. The molecular formula is C17H26N2O. The van der Waals surface area contributed by atoms with Crippen molar-refractivity contribution < 1.29 is 4.79 Å². The van der Waals surface area contributed by atoms with E-state index < -0.39 is 0 Å². The Morgan fingerprint density at radius 3 is 2.40 bits per heavy atom. The number of rotatable bonds is 5. The predicted octanol–water partition coefficient (Wildman–Crippen LogP) is 3.82. The van der Waals surface area contributed by atoms with Crippen LogP contribution in [0.4, 0.5) is 5.69 Å². The highest BCUT2D eigenvalue weighted by molar-refractivity contribution is 5.94. The predicted molar refractivity (Wildman–Crippen MR) is 84.1 cm³/mol. The molecule has 0 bridgehead atoms. The number of hydrogen-bond donors (Lipinski definition) is 2. The summed E-state index contributed by atoms with van der Waals surface area (Å²) in [4.78, 5) is 11.8. The highest BCUT2D eigenvalue weighted by atomic mass is 16.1. The van der Waals surface area contributed by atoms with E-state index in [1.54, 1.807) is 0 Å². The van der Waals surface area contributed by atoms with E-state index in [0.29, 0.717) is 0 Å². The van der Waals surface area contributed by atoms with Gasteiger partial charge in [0.2, 0.25) is 0 Å². The Morgan fingerprint density at radius 2 is 1.80 bits per heavy atom. The second-order valence-corrected chi connectivity index (χ2v) is 6.09. The molecule has 1 aromatic carbocycles. The van der Waals surface area contributed by atoms with Crippen molar-refractivity contribution in [1.82, 2.24) is 5.32 Å². The minimum Gasteiger partial charge on any atom is -0.385 e. The number of carbonyl (C=O) groups excluding carboxylic acids is 1. The van der Waals surface area contributed by atoms with Crippen LogP contribution >= 0.6 is 0 Å². The van der Waals surface area contributed by atoms with Gasteiger partial charge in [0.25, 0.3) is 5.91 Å². The van der Waals surface area contributed by atoms with E-state index in [1.807, 2.05) is 38.1 Å². The van der Waals surface area contributed by atoms with Gasteiger partial charge in [-0.25, -0.2) is 0 Å². The van der Waals surface area contributed by atoms with E-state index in [2.05, 4.69) is 10.6 Å². The Labute approximate surface area is 122 Å². The Bertz CT molecular complexity index is 419. The summed E-state index contributed by atoms with van der Waals surface area (Å²) in [5.41, 5.74) is 1.83. The first-order valence-corrected chi connectivity index (χ1v) is 7.80. The normalized spacial score (nSPS) is 16.1. The molecule has 3 nitrogen and oxygen atoms in total. The SMILES string of the molecule is CC(C)NC(=O)c1ccc(NCC2CCCCC2)cc1. The van der Waals surface area contributed by atoms with Crippen LogP contribution in [0.15, 0.2) is 24.3 Å². The van der Waals surface area contributed by atoms with E-state index in [1.165, 1.54) is 32.1 Å². The van der Waals surface area contributed by atoms with Crippen LogP contribution in [-0.2, 0) is 0 Å². The molecule has 2 rings (SSSR count). The third-order valence-corrected chi connectivity index (χ3v) is 3.89. The Balaban J connectivity index is 1.83. The van der Waals surface area contributed by atoms with Crippen LogP contribution in [0, 0.1) is 5.92 Å². The molecule has 0 heterocycles. The maximum atomic E-state index is 11.8. The highest BCUT2D eigenvalue weighted by Crippen LogP contribution is 2.24. The molecule has 20 heavy (non-hydrogen) atoms. The van der Waals surface area contributed by atoms with Gasteiger partial charge in [-0.1, -0.05) is 19.3 Å². The molecule has 0 saturated heterocycles. The summed E-state index contributed by atoms with van der Waals surface area (Å²) in [6.07, 6.45) is 6.85. The van der Waals surface area contributed by atoms with Crippen LogP contribution in [0.2, 0.25) is 0 Å². The minimum atomic E-state index is -0.00108. The van der Waals surface area contributed by atoms with Gasteiger partial charge in [-0.05, 0) is 56.9 Å². The van der Waals surface area contributed by atoms with E-state index in [-0.39, 0.29) is 11.9 Å². The van der Waals surface area contributed by atoms with Gasteiger partial charge in [0.1, 0.15) is 0 Å². The van der Waals surface area contributed by atoms with Crippen molar-refractivity contribution in [3.05, 3.63) is 29.8 Å². The smallest absolute Gasteiger partial charge is 0.251 e. The second kappa shape index (κ2) is 7.32. The number of hydrogen-bond acceptors (Lipinski definition) is 2. The van der Waals surface area contributed by atoms with Gasteiger partial charge in [-0.2, -0.15) is 0 Å². The molecule has 0 atom stereocenters. The molecule has 0 aliphatic heterocycles. The van der Waals surface area contributed by atoms with E-state index >= 15 is 0 Å². The van der Waals surface area contributed by atoms with E-state index in [0.717, 1.165) is 23.7 Å². The first-order chi connectivity index (χ1) is 9.65. The molecule has 1 aliphatic rings. The zero-order chi connectivity index (χ0) is 14.4. The number of amides is 1. The van der Waals surface area contributed by atoms with Crippen molar-refractivity contribution >= 4 is 11.6 Å². The largest absolute Gasteiger partial charge is 0.385 e. The average molecular weight is 274 g/mol. The maximum absolute atomic E-state index is 11.8. The monoisotopic (exact) mass is 274 g/mol. The Hall–Kier alpha value is -1.51. The van der Waals surface area contributed by atoms with Crippen LogP contribution < -0.4 is 10.6 Å². The van der Waals surface area contributed by atoms with E-state index in [4.69, 9.17) is 0 Å². The molecule has 1 amide bonds. The Kier molecular flexibility index (Phi) is 5.45. The van der Waals surface area contributed by atoms with Gasteiger partial charge in [0.15, 0.2) is 0 Å². The molecule has 1 saturated carbocycles. The standard InChI is InChI=1S/C17H26N2O/c1-13(2)19-17(20)15-8-10-16(11-9-15)18-12-14-6-4-3-5-7-14/h8-11,13-14,18H,3-7,12H2,1-2H3,(H,19,20). The van der Waals surface area contributed by atoms with Gasteiger partial charge in [-0.3, -0.25) is 4.79 Å². The summed E-state index contributed by atoms with van der Waals surface area (Å²) in [5.74, 6) is 0.812. The number of anilines is 1. The number of benzene rings is 1. The molecule has 1 aromatic rings. The van der Waals surface area contributed by atoms with E-state index in [9.17, 15) is 4.79 Å². The lowest BCUT2D eigenvalue weighted by Crippen LogP contribution is -2.30. The summed E-state index contributed by atoms with van der Waals surface area (Å²) in [7, 11) is 0. The van der Waals surface area contributed by atoms with Crippen molar-refractivity contribution in [3.8, 4) is 0 Å². The fraction of sp³-hybridized carbons (Fsp3) is 0.588. The molecule has 1 fully saturated rings. The van der Waals surface area contributed by atoms with Crippen molar-refractivity contribution in [2.45, 2.75) is 52.0 Å². The molecule has 0 radical (unpaired) electrons. The quantitative estimate of drug-likeness (QED) is 0.857. The summed E-state index contributed by atoms with van der Waals surface area (Å²) in [6, 6.07) is 7.95. The lowest BCUT2D eigenvalue weighted by Gasteiger charge is -2.22. The van der Waals surface area contributed by atoms with Gasteiger partial charge in [-0.15, -0.1) is 0 Å². The van der Waals surface area contributed by atoms with Crippen molar-refractivity contribution in [2.75, 3.05) is 11.9 Å². The molecule has 0 unspecified atom stereocenters. The Morgan fingerprint density at radius 1 is 1.15 bits per heavy atom. The molecule has 0 spiro atoms. The maximum Gasteiger partial charge on any atom is 0.251 e. The van der Waals surface area contributed by atoms with Crippen molar-refractivity contribution in [3.63, 3.8) is 0 Å². The zero-order valence-electron chi connectivity index (χ0n) is 12.6. The fourth-order valence-corrected chi connectivity index (χ4v) is 2.74. The highest BCUT2D eigenvalue weighted by Gasteiger charge is 2.13. The molecule has 0 aromatic heterocycles. The van der Waals surface area contributed by atoms with Crippen molar-refractivity contribution in [1.29, 1.82) is 0 Å². The molecule has 2 N–H and O–H groups in total. The summed E-state index contributed by atoms with van der Waals surface area (Å²) < 4.78 is 0. The summed E-state index contributed by atoms with van der Waals surface area (Å²) >= 11 is 0. The third-order valence-electron chi connectivity index (χ3n) is 3.89. The van der Waals surface area contributed by atoms with Gasteiger partial charge >= 0.3 is 0 Å². The third kappa shape index (κ3) is 4.55. The minimum absolute atomic E-state index is 0.00108. The van der Waals surface area contributed by atoms with Crippen LogP contribution in [0.25, 0.3) is 0 Å². The topological polar surface area (TPSA) is 41.1 Å². The molecular weight excluding hydrogens is 248 g/mol. The van der Waals surface area contributed by atoms with Gasteiger partial charge in [0.05, 0.1) is 0 Å². The van der Waals surface area contributed by atoms with Gasteiger partial charge < -0.3 is 10.6 Å². The number of nitrogens with one attached hydrogen (secondary N) is 2. The van der Waals surface area contributed by atoms with Gasteiger partial charge in [0, 0.05) is 23.8 Å². The summed E-state index contributed by atoms with van der Waals surface area (Å²) in [5, 5.41) is 6.39. The molecule has 110 valence electrons. The van der Waals surface area contributed by atoms with Crippen LogP contribution in [-0.4, -0.2) is 18.5 Å². The molecule has 3 heteroatoms. The lowest BCUT2D eigenvalue weighted by atomic mass is 9.89. The first-order valence-electron chi connectivity index (χ1n) is 7.80. The summed E-state index contributed by atoms with van der Waals surface area (Å²) in [6.45, 7) is 4.99. The van der Waals surface area contributed by atoms with Crippen molar-refractivity contribution in [2.24, 2.45) is 5.92 Å². The first kappa shape index (κ1) is 14.9. The van der Waals surface area contributed by atoms with Crippen LogP contribution in [0.5, 0.6) is 0 Å². The van der Waals surface area contributed by atoms with Crippen LogP contribution in [0.3, 0.4) is 0 Å². The fourth-order valence-electron chi connectivity index (χ4n) is 2.74.